The molecule has 5 amide bonds. The lowest BCUT2D eigenvalue weighted by Gasteiger charge is -2.38. The fourth-order valence-corrected chi connectivity index (χ4v) is 3.53. The van der Waals surface area contributed by atoms with Gasteiger partial charge in [0.05, 0.1) is 12.6 Å². The molecule has 0 aromatic carbocycles. The maximum Gasteiger partial charge on any atom is 0.317 e. The highest BCUT2D eigenvalue weighted by atomic mass is 16.2. The van der Waals surface area contributed by atoms with Crippen LogP contribution in [0, 0.1) is 0 Å². The van der Waals surface area contributed by atoms with E-state index in [1.54, 1.807) is 14.0 Å². The average molecular weight is 368 g/mol. The van der Waals surface area contributed by atoms with Crippen molar-refractivity contribution in [3.05, 3.63) is 0 Å². The first-order valence-corrected chi connectivity index (χ1v) is 8.85. The summed E-state index contributed by atoms with van der Waals surface area (Å²) in [5.41, 5.74) is 5.47. The number of rotatable bonds is 4. The van der Waals surface area contributed by atoms with Crippen molar-refractivity contribution < 1.29 is 19.2 Å². The molecule has 2 fully saturated rings. The van der Waals surface area contributed by atoms with Crippen LogP contribution in [0.4, 0.5) is 4.79 Å². The Kier molecular flexibility index (Phi) is 6.41. The van der Waals surface area contributed by atoms with E-state index >= 15 is 0 Å². The number of hydrogen-bond donors (Lipinski definition) is 4. The van der Waals surface area contributed by atoms with Crippen molar-refractivity contribution in [1.29, 1.82) is 0 Å². The molecule has 146 valence electrons. The Morgan fingerprint density at radius 3 is 2.46 bits per heavy atom. The van der Waals surface area contributed by atoms with Crippen LogP contribution in [-0.4, -0.2) is 84.9 Å². The number of hydrogen-bond acceptors (Lipinski definition) is 5. The Labute approximate surface area is 152 Å². The summed E-state index contributed by atoms with van der Waals surface area (Å²) < 4.78 is 0. The third kappa shape index (κ3) is 4.06. The van der Waals surface area contributed by atoms with E-state index in [4.69, 9.17) is 5.73 Å². The molecule has 26 heavy (non-hydrogen) atoms. The van der Waals surface area contributed by atoms with Crippen molar-refractivity contribution in [2.75, 3.05) is 27.2 Å². The van der Waals surface area contributed by atoms with Crippen molar-refractivity contribution in [2.24, 2.45) is 5.73 Å². The van der Waals surface area contributed by atoms with Gasteiger partial charge in [-0.1, -0.05) is 0 Å². The SMILES string of the molecule is CNC(=O)N1CC[C@H]2CC[C@@H](C(N)=O)N2C(=O)[C@@H](NC(=O)[C@H](C)NC)C1. The Balaban J connectivity index is 2.28. The number of carbonyl (C=O) groups excluding carboxylic acids is 4. The van der Waals surface area contributed by atoms with Crippen LogP contribution in [0.15, 0.2) is 0 Å². The molecule has 0 aromatic rings. The van der Waals surface area contributed by atoms with Crippen molar-refractivity contribution in [3.8, 4) is 0 Å². The van der Waals surface area contributed by atoms with Gasteiger partial charge in [0.1, 0.15) is 12.1 Å². The predicted octanol–water partition coefficient (Wildman–Crippen LogP) is -2.03. The quantitative estimate of drug-likeness (QED) is 0.453. The Morgan fingerprint density at radius 1 is 1.19 bits per heavy atom. The highest BCUT2D eigenvalue weighted by Gasteiger charge is 2.44. The number of carbonyl (C=O) groups is 4. The van der Waals surface area contributed by atoms with Gasteiger partial charge in [-0.15, -0.1) is 0 Å². The molecule has 0 radical (unpaired) electrons. The molecule has 0 unspecified atom stereocenters. The van der Waals surface area contributed by atoms with Gasteiger partial charge in [0, 0.05) is 19.6 Å². The summed E-state index contributed by atoms with van der Waals surface area (Å²) in [5.74, 6) is -1.27. The van der Waals surface area contributed by atoms with E-state index in [2.05, 4.69) is 16.0 Å². The zero-order valence-electron chi connectivity index (χ0n) is 15.4. The third-order valence-corrected chi connectivity index (χ3v) is 5.16. The smallest absolute Gasteiger partial charge is 0.317 e. The van der Waals surface area contributed by atoms with Gasteiger partial charge in [0.25, 0.3) is 0 Å². The highest BCUT2D eigenvalue weighted by Crippen LogP contribution is 2.29. The van der Waals surface area contributed by atoms with Crippen molar-refractivity contribution in [1.82, 2.24) is 25.8 Å². The topological polar surface area (TPSA) is 137 Å². The van der Waals surface area contributed by atoms with Gasteiger partial charge in [0.2, 0.25) is 17.7 Å². The van der Waals surface area contributed by atoms with Crippen molar-refractivity contribution >= 4 is 23.8 Å². The van der Waals surface area contributed by atoms with Gasteiger partial charge in [-0.3, -0.25) is 14.4 Å². The maximum absolute atomic E-state index is 13.1. The predicted molar refractivity (Wildman–Crippen MR) is 93.9 cm³/mol. The first kappa shape index (κ1) is 20.0. The summed E-state index contributed by atoms with van der Waals surface area (Å²) in [6.45, 7) is 2.13. The van der Waals surface area contributed by atoms with Crippen LogP contribution in [0.3, 0.4) is 0 Å². The van der Waals surface area contributed by atoms with Gasteiger partial charge >= 0.3 is 6.03 Å². The lowest BCUT2D eigenvalue weighted by atomic mass is 10.1. The number of fused-ring (bicyclic) bond motifs is 1. The van der Waals surface area contributed by atoms with Crippen LogP contribution in [-0.2, 0) is 14.4 Å². The zero-order chi connectivity index (χ0) is 19.4. The number of nitrogens with one attached hydrogen (secondary N) is 3. The van der Waals surface area contributed by atoms with E-state index in [-0.39, 0.29) is 30.4 Å². The van der Waals surface area contributed by atoms with E-state index in [1.807, 2.05) is 0 Å². The number of likely N-dealkylation sites (N-methyl/N-ethyl adjacent to an activating group) is 1. The molecule has 0 bridgehead atoms. The van der Waals surface area contributed by atoms with E-state index in [1.165, 1.54) is 16.8 Å². The summed E-state index contributed by atoms with van der Waals surface area (Å²) in [6, 6.07) is -2.58. The molecule has 0 saturated carbocycles. The molecule has 0 aliphatic carbocycles. The molecular weight excluding hydrogens is 340 g/mol. The minimum Gasteiger partial charge on any atom is -0.368 e. The molecule has 0 spiro atoms. The number of amides is 5. The zero-order valence-corrected chi connectivity index (χ0v) is 15.4. The van der Waals surface area contributed by atoms with Gasteiger partial charge in [-0.2, -0.15) is 0 Å². The maximum atomic E-state index is 13.1. The molecule has 2 heterocycles. The van der Waals surface area contributed by atoms with E-state index in [9.17, 15) is 19.2 Å². The second kappa shape index (κ2) is 8.35. The fraction of sp³-hybridized carbons (Fsp3) is 0.750. The molecule has 2 saturated heterocycles. The highest BCUT2D eigenvalue weighted by molar-refractivity contribution is 5.94. The van der Waals surface area contributed by atoms with Gasteiger partial charge in [-0.05, 0) is 33.2 Å². The van der Waals surface area contributed by atoms with Gasteiger partial charge in [0.15, 0.2) is 0 Å². The van der Waals surface area contributed by atoms with Gasteiger partial charge < -0.3 is 31.5 Å². The van der Waals surface area contributed by atoms with Crippen LogP contribution >= 0.6 is 0 Å². The summed E-state index contributed by atoms with van der Waals surface area (Å²) in [4.78, 5) is 52.3. The Morgan fingerprint density at radius 2 is 1.88 bits per heavy atom. The lowest BCUT2D eigenvalue weighted by molar-refractivity contribution is -0.144. The monoisotopic (exact) mass is 368 g/mol. The van der Waals surface area contributed by atoms with E-state index < -0.39 is 24.0 Å². The van der Waals surface area contributed by atoms with E-state index in [0.717, 1.165) is 0 Å². The van der Waals surface area contributed by atoms with Crippen molar-refractivity contribution in [3.63, 3.8) is 0 Å². The average Bonchev–Trinajstić information content (AvgIpc) is 3.04. The summed E-state index contributed by atoms with van der Waals surface area (Å²) >= 11 is 0. The standard InChI is InChI=1S/C16H28N6O4/c1-9(18-2)14(24)20-11-8-21(16(26)19-3)7-6-10-4-5-12(13(17)23)22(10)15(11)25/h9-12,18H,4-8H2,1-3H3,(H2,17,23)(H,19,26)(H,20,24)/t9-,10+,11-,12-/m0/s1. The van der Waals surface area contributed by atoms with Crippen molar-refractivity contribution in [2.45, 2.75) is 50.4 Å². The Hall–Kier alpha value is -2.36. The first-order chi connectivity index (χ1) is 12.3. The number of urea groups is 1. The molecule has 0 aromatic heterocycles. The second-order valence-electron chi connectivity index (χ2n) is 6.76. The molecule has 2 aliphatic rings. The minimum absolute atomic E-state index is 0.0371. The molecule has 2 rings (SSSR count). The molecule has 2 aliphatic heterocycles. The molecule has 10 nitrogen and oxygen atoms in total. The summed E-state index contributed by atoms with van der Waals surface area (Å²) in [5, 5.41) is 8.07. The van der Waals surface area contributed by atoms with Crippen LogP contribution in [0.5, 0.6) is 0 Å². The number of nitrogens with two attached hydrogens (primary N) is 1. The largest absolute Gasteiger partial charge is 0.368 e. The van der Waals surface area contributed by atoms with E-state index in [0.29, 0.717) is 25.8 Å². The summed E-state index contributed by atoms with van der Waals surface area (Å²) in [7, 11) is 3.16. The van der Waals surface area contributed by atoms with Gasteiger partial charge in [-0.25, -0.2) is 4.79 Å². The second-order valence-corrected chi connectivity index (χ2v) is 6.76. The number of primary amides is 1. The summed E-state index contributed by atoms with van der Waals surface area (Å²) in [6.07, 6.45) is 1.71. The molecular formula is C16H28N6O4. The fourth-order valence-electron chi connectivity index (χ4n) is 3.53. The minimum atomic E-state index is -0.932. The molecule has 4 atom stereocenters. The Bertz CT molecular complexity index is 583. The van der Waals surface area contributed by atoms with Crippen LogP contribution in [0.25, 0.3) is 0 Å². The lowest BCUT2D eigenvalue weighted by Crippen LogP contribution is -2.62. The third-order valence-electron chi connectivity index (χ3n) is 5.16. The first-order valence-electron chi connectivity index (χ1n) is 8.85. The number of nitrogens with zero attached hydrogens (tertiary/aromatic N) is 2. The molecule has 10 heteroatoms. The normalized spacial score (nSPS) is 27.2. The van der Waals surface area contributed by atoms with Crippen LogP contribution in [0.1, 0.15) is 26.2 Å². The molecule has 5 N–H and O–H groups in total. The van der Waals surface area contributed by atoms with Crippen LogP contribution in [0.2, 0.25) is 0 Å². The van der Waals surface area contributed by atoms with Crippen LogP contribution < -0.4 is 21.7 Å².